The summed E-state index contributed by atoms with van der Waals surface area (Å²) in [6.45, 7) is 13.3. The van der Waals surface area contributed by atoms with Crippen molar-refractivity contribution in [1.82, 2.24) is 16.0 Å². The molecule has 1 rings (SSSR count). The molecule has 1 fully saturated rings. The SMILES string of the molecule is CC(C)CNC(=O)/C(C#N)=C\NC1CC(C)(C)NC(C)(C)C1. The minimum atomic E-state index is -0.309. The van der Waals surface area contributed by atoms with Gasteiger partial charge in [0.05, 0.1) is 0 Å². The van der Waals surface area contributed by atoms with E-state index in [-0.39, 0.29) is 28.6 Å². The first-order valence-corrected chi connectivity index (χ1v) is 7.98. The molecule has 0 bridgehead atoms. The van der Waals surface area contributed by atoms with Crippen LogP contribution in [0.15, 0.2) is 11.8 Å². The second-order valence-electron chi connectivity index (χ2n) is 7.94. The van der Waals surface area contributed by atoms with Crippen molar-refractivity contribution in [2.75, 3.05) is 6.54 Å². The number of hydrogen-bond donors (Lipinski definition) is 3. The number of nitriles is 1. The molecule has 3 N–H and O–H groups in total. The van der Waals surface area contributed by atoms with Crippen molar-refractivity contribution in [3.63, 3.8) is 0 Å². The van der Waals surface area contributed by atoms with E-state index in [0.29, 0.717) is 12.5 Å². The molecule has 0 radical (unpaired) electrons. The van der Waals surface area contributed by atoms with Gasteiger partial charge in [-0.25, -0.2) is 0 Å². The minimum absolute atomic E-state index is 0.0277. The fourth-order valence-corrected chi connectivity index (χ4v) is 3.18. The summed E-state index contributed by atoms with van der Waals surface area (Å²) in [4.78, 5) is 12.0. The predicted octanol–water partition coefficient (Wildman–Crippen LogP) is 2.06. The Balaban J connectivity index is 2.68. The van der Waals surface area contributed by atoms with Gasteiger partial charge in [-0.05, 0) is 46.5 Å². The monoisotopic (exact) mass is 306 g/mol. The molecular formula is C17H30N4O. The van der Waals surface area contributed by atoms with Crippen LogP contribution in [0.1, 0.15) is 54.4 Å². The molecule has 5 nitrogen and oxygen atoms in total. The quantitative estimate of drug-likeness (QED) is 0.537. The fraction of sp³-hybridized carbons (Fsp3) is 0.765. The number of rotatable bonds is 5. The van der Waals surface area contributed by atoms with E-state index in [0.717, 1.165) is 12.8 Å². The predicted molar refractivity (Wildman–Crippen MR) is 89.0 cm³/mol. The Labute approximate surface area is 134 Å². The van der Waals surface area contributed by atoms with Crippen molar-refractivity contribution in [3.8, 4) is 6.07 Å². The zero-order valence-electron chi connectivity index (χ0n) is 14.7. The first kappa shape index (κ1) is 18.5. The Morgan fingerprint density at radius 2 is 1.86 bits per heavy atom. The van der Waals surface area contributed by atoms with Gasteiger partial charge in [0.2, 0.25) is 0 Å². The van der Waals surface area contributed by atoms with Gasteiger partial charge >= 0.3 is 0 Å². The normalized spacial score (nSPS) is 21.3. The lowest BCUT2D eigenvalue weighted by molar-refractivity contribution is -0.117. The maximum absolute atomic E-state index is 12.0. The summed E-state index contributed by atoms with van der Waals surface area (Å²) in [6, 6.07) is 2.22. The molecule has 0 aromatic heterocycles. The van der Waals surface area contributed by atoms with Gasteiger partial charge in [0.15, 0.2) is 0 Å². The zero-order valence-corrected chi connectivity index (χ0v) is 14.7. The van der Waals surface area contributed by atoms with Gasteiger partial charge in [0.25, 0.3) is 5.91 Å². The van der Waals surface area contributed by atoms with E-state index < -0.39 is 0 Å². The Kier molecular flexibility index (Phi) is 6.01. The molecule has 0 spiro atoms. The third-order valence-electron chi connectivity index (χ3n) is 3.69. The van der Waals surface area contributed by atoms with E-state index >= 15 is 0 Å². The molecule has 1 aliphatic rings. The summed E-state index contributed by atoms with van der Waals surface area (Å²) in [5.41, 5.74) is 0.190. The van der Waals surface area contributed by atoms with Crippen LogP contribution in [0.2, 0.25) is 0 Å². The van der Waals surface area contributed by atoms with Crippen LogP contribution in [0.4, 0.5) is 0 Å². The summed E-state index contributed by atoms with van der Waals surface area (Å²) >= 11 is 0. The highest BCUT2D eigenvalue weighted by molar-refractivity contribution is 5.97. The molecule has 0 aromatic carbocycles. The van der Waals surface area contributed by atoms with Gasteiger partial charge in [-0.3, -0.25) is 4.79 Å². The van der Waals surface area contributed by atoms with Crippen molar-refractivity contribution in [3.05, 3.63) is 11.8 Å². The largest absolute Gasteiger partial charge is 0.387 e. The molecule has 124 valence electrons. The van der Waals surface area contributed by atoms with Crippen molar-refractivity contribution in [1.29, 1.82) is 5.26 Å². The number of amides is 1. The van der Waals surface area contributed by atoms with Crippen LogP contribution in [0, 0.1) is 17.2 Å². The molecule has 0 aromatic rings. The van der Waals surface area contributed by atoms with E-state index in [1.165, 1.54) is 0 Å². The Hall–Kier alpha value is -1.54. The summed E-state index contributed by atoms with van der Waals surface area (Å²) in [5, 5.41) is 18.8. The molecule has 0 atom stereocenters. The maximum atomic E-state index is 12.0. The standard InChI is InChI=1S/C17H30N4O/c1-12(2)10-20-15(22)13(9-18)11-19-14-7-16(3,4)21-17(5,6)8-14/h11-12,14,19,21H,7-8,10H2,1-6H3,(H,20,22)/b13-11-. The van der Waals surface area contributed by atoms with Crippen LogP contribution in [0.25, 0.3) is 0 Å². The molecule has 1 heterocycles. The lowest BCUT2D eigenvalue weighted by Crippen LogP contribution is -2.61. The lowest BCUT2D eigenvalue weighted by atomic mass is 9.80. The van der Waals surface area contributed by atoms with E-state index in [4.69, 9.17) is 5.26 Å². The average molecular weight is 306 g/mol. The molecule has 0 unspecified atom stereocenters. The third kappa shape index (κ3) is 6.07. The van der Waals surface area contributed by atoms with Crippen LogP contribution in [-0.4, -0.2) is 29.6 Å². The second-order valence-corrected chi connectivity index (χ2v) is 7.94. The van der Waals surface area contributed by atoms with Gasteiger partial charge in [0, 0.05) is 29.9 Å². The third-order valence-corrected chi connectivity index (χ3v) is 3.69. The number of hydrogen-bond acceptors (Lipinski definition) is 4. The summed E-state index contributed by atoms with van der Waals surface area (Å²) in [5.74, 6) is 0.0547. The molecule has 5 heteroatoms. The highest BCUT2D eigenvalue weighted by atomic mass is 16.1. The minimum Gasteiger partial charge on any atom is -0.387 e. The molecule has 1 aliphatic heterocycles. The average Bonchev–Trinajstić information content (AvgIpc) is 2.33. The molecular weight excluding hydrogens is 276 g/mol. The highest BCUT2D eigenvalue weighted by Gasteiger charge is 2.37. The molecule has 0 aliphatic carbocycles. The van der Waals surface area contributed by atoms with E-state index in [9.17, 15) is 4.79 Å². The van der Waals surface area contributed by atoms with E-state index in [2.05, 4.69) is 43.6 Å². The number of carbonyl (C=O) groups excluding carboxylic acids is 1. The first-order chi connectivity index (χ1) is 10.0. The van der Waals surface area contributed by atoms with Gasteiger partial charge in [-0.1, -0.05) is 13.8 Å². The van der Waals surface area contributed by atoms with Crippen LogP contribution in [0.3, 0.4) is 0 Å². The fourth-order valence-electron chi connectivity index (χ4n) is 3.18. The number of nitrogens with zero attached hydrogens (tertiary/aromatic N) is 1. The topological polar surface area (TPSA) is 77.0 Å². The van der Waals surface area contributed by atoms with Gasteiger partial charge < -0.3 is 16.0 Å². The maximum Gasteiger partial charge on any atom is 0.263 e. The van der Waals surface area contributed by atoms with Crippen LogP contribution in [-0.2, 0) is 4.79 Å². The summed E-state index contributed by atoms with van der Waals surface area (Å²) in [6.07, 6.45) is 3.45. The summed E-state index contributed by atoms with van der Waals surface area (Å²) < 4.78 is 0. The Bertz CT molecular complexity index is 456. The molecule has 0 saturated carbocycles. The first-order valence-electron chi connectivity index (χ1n) is 7.98. The van der Waals surface area contributed by atoms with E-state index in [1.54, 1.807) is 6.20 Å². The van der Waals surface area contributed by atoms with Crippen molar-refractivity contribution in [2.24, 2.45) is 5.92 Å². The van der Waals surface area contributed by atoms with Crippen LogP contribution in [0.5, 0.6) is 0 Å². The Morgan fingerprint density at radius 3 is 2.32 bits per heavy atom. The van der Waals surface area contributed by atoms with Gasteiger partial charge in [0.1, 0.15) is 11.6 Å². The van der Waals surface area contributed by atoms with Crippen LogP contribution >= 0.6 is 0 Å². The number of nitrogens with one attached hydrogen (secondary N) is 3. The molecule has 22 heavy (non-hydrogen) atoms. The zero-order chi connectivity index (χ0) is 17.0. The van der Waals surface area contributed by atoms with Gasteiger partial charge in [-0.15, -0.1) is 0 Å². The number of piperidine rings is 1. The van der Waals surface area contributed by atoms with Gasteiger partial charge in [-0.2, -0.15) is 5.26 Å². The summed E-state index contributed by atoms with van der Waals surface area (Å²) in [7, 11) is 0. The highest BCUT2D eigenvalue weighted by Crippen LogP contribution is 2.28. The van der Waals surface area contributed by atoms with E-state index in [1.807, 2.05) is 19.9 Å². The van der Waals surface area contributed by atoms with Crippen molar-refractivity contribution < 1.29 is 4.79 Å². The second kappa shape index (κ2) is 7.15. The molecule has 1 saturated heterocycles. The Morgan fingerprint density at radius 1 is 1.32 bits per heavy atom. The van der Waals surface area contributed by atoms with Crippen molar-refractivity contribution >= 4 is 5.91 Å². The van der Waals surface area contributed by atoms with Crippen molar-refractivity contribution in [2.45, 2.75) is 71.5 Å². The lowest BCUT2D eigenvalue weighted by Gasteiger charge is -2.46. The smallest absolute Gasteiger partial charge is 0.263 e. The van der Waals surface area contributed by atoms with Crippen LogP contribution < -0.4 is 16.0 Å². The molecule has 1 amide bonds. The number of carbonyl (C=O) groups is 1.